The van der Waals surface area contributed by atoms with Crippen molar-refractivity contribution >= 4 is 22.8 Å². The highest BCUT2D eigenvalue weighted by Crippen LogP contribution is 2.30. The molecule has 3 aromatic heterocycles. The average molecular weight is 456 g/mol. The van der Waals surface area contributed by atoms with E-state index in [-0.39, 0.29) is 11.7 Å². The zero-order valence-corrected chi connectivity index (χ0v) is 17.7. The molecular formula is C24H17FN6O3. The number of halogens is 1. The third-order valence-corrected chi connectivity index (χ3v) is 5.56. The fraction of sp³-hybridized carbons (Fsp3) is 0.0833. The van der Waals surface area contributed by atoms with Gasteiger partial charge >= 0.3 is 6.03 Å². The van der Waals surface area contributed by atoms with Gasteiger partial charge in [0.05, 0.1) is 16.8 Å². The van der Waals surface area contributed by atoms with Gasteiger partial charge in [-0.3, -0.25) is 9.88 Å². The van der Waals surface area contributed by atoms with Gasteiger partial charge in [0.2, 0.25) is 11.8 Å². The Hall–Kier alpha value is -4.57. The van der Waals surface area contributed by atoms with Crippen molar-refractivity contribution in [2.24, 2.45) is 0 Å². The van der Waals surface area contributed by atoms with Crippen LogP contribution in [0.5, 0.6) is 11.6 Å². The van der Waals surface area contributed by atoms with Gasteiger partial charge in [-0.2, -0.15) is 0 Å². The zero-order chi connectivity index (χ0) is 23.1. The summed E-state index contributed by atoms with van der Waals surface area (Å²) in [6, 6.07) is 14.3. The first-order valence-electron chi connectivity index (χ1n) is 10.5. The first-order chi connectivity index (χ1) is 16.6. The number of nitrogens with one attached hydrogen (secondary N) is 2. The summed E-state index contributed by atoms with van der Waals surface area (Å²) in [5, 5.41) is 10.7. The van der Waals surface area contributed by atoms with Crippen LogP contribution in [0.15, 0.2) is 71.6 Å². The van der Waals surface area contributed by atoms with Crippen LogP contribution in [0.1, 0.15) is 11.3 Å². The maximum Gasteiger partial charge on any atom is 0.332 e. The molecule has 1 amide bonds. The quantitative estimate of drug-likeness (QED) is 0.404. The maximum atomic E-state index is 13.1. The summed E-state index contributed by atoms with van der Waals surface area (Å²) in [4.78, 5) is 21.4. The Bertz CT molecular complexity index is 1530. The molecule has 1 aliphatic heterocycles. The van der Waals surface area contributed by atoms with E-state index in [1.54, 1.807) is 36.5 Å². The van der Waals surface area contributed by atoms with E-state index in [0.717, 1.165) is 16.6 Å². The smallest absolute Gasteiger partial charge is 0.332 e. The highest BCUT2D eigenvalue weighted by Gasteiger charge is 2.19. The number of carbonyl (C=O) groups is 1. The number of hydrogen-bond donors (Lipinski definition) is 2. The summed E-state index contributed by atoms with van der Waals surface area (Å²) in [5.41, 5.74) is 3.74. The molecule has 2 aromatic carbocycles. The van der Waals surface area contributed by atoms with E-state index in [1.165, 1.54) is 23.0 Å². The van der Waals surface area contributed by atoms with Gasteiger partial charge in [-0.1, -0.05) is 5.16 Å². The van der Waals surface area contributed by atoms with Crippen molar-refractivity contribution in [3.63, 3.8) is 0 Å². The van der Waals surface area contributed by atoms with Crippen LogP contribution in [0.25, 0.3) is 22.2 Å². The van der Waals surface area contributed by atoms with E-state index < -0.39 is 6.03 Å². The molecule has 0 aliphatic carbocycles. The van der Waals surface area contributed by atoms with Crippen LogP contribution in [0.2, 0.25) is 0 Å². The van der Waals surface area contributed by atoms with Crippen LogP contribution < -0.4 is 15.4 Å². The number of carbonyl (C=O) groups excluding carboxylic acids is 1. The van der Waals surface area contributed by atoms with E-state index in [9.17, 15) is 9.18 Å². The van der Waals surface area contributed by atoms with Gasteiger partial charge in [-0.15, -0.1) is 0 Å². The minimum Gasteiger partial charge on any atom is -0.439 e. The first kappa shape index (κ1) is 20.1. The van der Waals surface area contributed by atoms with Crippen LogP contribution in [-0.4, -0.2) is 25.7 Å². The average Bonchev–Trinajstić information content (AvgIpc) is 3.59. The Balaban J connectivity index is 1.20. The Morgan fingerprint density at radius 1 is 1.09 bits per heavy atom. The molecule has 10 heteroatoms. The molecule has 9 nitrogen and oxygen atoms in total. The molecule has 34 heavy (non-hydrogen) atoms. The van der Waals surface area contributed by atoms with Crippen molar-refractivity contribution in [2.45, 2.75) is 13.1 Å². The van der Waals surface area contributed by atoms with E-state index in [4.69, 9.17) is 9.26 Å². The molecule has 0 saturated carbocycles. The van der Waals surface area contributed by atoms with Crippen molar-refractivity contribution in [2.75, 3.05) is 5.32 Å². The topological polar surface area (TPSA) is 107 Å². The summed E-state index contributed by atoms with van der Waals surface area (Å²) in [7, 11) is 0. The molecule has 1 aliphatic rings. The van der Waals surface area contributed by atoms with Gasteiger partial charge in [0.1, 0.15) is 23.6 Å². The fourth-order valence-electron chi connectivity index (χ4n) is 3.88. The summed E-state index contributed by atoms with van der Waals surface area (Å²) in [5.74, 6) is 0.968. The second kappa shape index (κ2) is 8.09. The van der Waals surface area contributed by atoms with Crippen molar-refractivity contribution in [1.29, 1.82) is 0 Å². The number of rotatable bonds is 4. The molecular weight excluding hydrogens is 439 g/mol. The number of benzene rings is 2. The monoisotopic (exact) mass is 456 g/mol. The third kappa shape index (κ3) is 3.65. The zero-order valence-electron chi connectivity index (χ0n) is 17.7. The van der Waals surface area contributed by atoms with Gasteiger partial charge in [0.25, 0.3) is 0 Å². The Morgan fingerprint density at radius 2 is 1.97 bits per heavy atom. The van der Waals surface area contributed by atoms with Crippen LogP contribution in [-0.2, 0) is 13.1 Å². The molecule has 0 bridgehead atoms. The van der Waals surface area contributed by atoms with Crippen molar-refractivity contribution in [3.05, 3.63) is 84.2 Å². The number of anilines is 1. The minimum absolute atomic E-state index is 0.178. The Labute approximate surface area is 192 Å². The third-order valence-electron chi connectivity index (χ3n) is 5.56. The molecule has 168 valence electrons. The summed E-state index contributed by atoms with van der Waals surface area (Å²) < 4.78 is 25.8. The molecule has 2 N–H and O–H groups in total. The minimum atomic E-state index is -0.412. The van der Waals surface area contributed by atoms with Gasteiger partial charge in [-0.05, 0) is 48.5 Å². The van der Waals surface area contributed by atoms with Crippen LogP contribution in [0, 0.1) is 5.82 Å². The molecule has 0 spiro atoms. The molecule has 0 saturated heterocycles. The van der Waals surface area contributed by atoms with Gasteiger partial charge in [-0.25, -0.2) is 19.2 Å². The number of fused-ring (bicyclic) bond motifs is 2. The predicted octanol–water partition coefficient (Wildman–Crippen LogP) is 4.70. The lowest BCUT2D eigenvalue weighted by molar-refractivity contribution is 0.253. The maximum absolute atomic E-state index is 13.1. The van der Waals surface area contributed by atoms with Crippen LogP contribution in [0.3, 0.4) is 0 Å². The number of hydrogen-bond acceptors (Lipinski definition) is 7. The Morgan fingerprint density at radius 3 is 2.85 bits per heavy atom. The lowest BCUT2D eigenvalue weighted by Crippen LogP contribution is -2.17. The standard InChI is InChI=1S/C24H17FN6O3/c25-16-3-1-14(2-4-16)19-10-22(34-30-19)29-24(32)31-8-7-15-9-17(5-6-21(15)31)33-23-18-11-26-12-20(18)27-13-28-23/h1-10,13,26H,11-12H2,(H,29,32). The van der Waals surface area contributed by atoms with E-state index in [1.807, 2.05) is 12.1 Å². The predicted molar refractivity (Wildman–Crippen MR) is 121 cm³/mol. The molecule has 0 radical (unpaired) electrons. The molecule has 5 aromatic rings. The second-order valence-corrected chi connectivity index (χ2v) is 7.73. The molecule has 0 fully saturated rings. The number of aromatic nitrogens is 4. The molecule has 0 unspecified atom stereocenters. The Kier molecular flexibility index (Phi) is 4.77. The number of amides is 1. The van der Waals surface area contributed by atoms with Crippen molar-refractivity contribution in [1.82, 2.24) is 25.0 Å². The number of ether oxygens (including phenoxy) is 1. The summed E-state index contributed by atoms with van der Waals surface area (Å²) in [6.07, 6.45) is 3.15. The second-order valence-electron chi connectivity index (χ2n) is 7.73. The lowest BCUT2D eigenvalue weighted by atomic mass is 10.1. The lowest BCUT2D eigenvalue weighted by Gasteiger charge is -2.09. The first-order valence-corrected chi connectivity index (χ1v) is 10.5. The highest BCUT2D eigenvalue weighted by atomic mass is 19.1. The van der Waals surface area contributed by atoms with Gasteiger partial charge in [0.15, 0.2) is 0 Å². The van der Waals surface area contributed by atoms with Crippen molar-refractivity contribution < 1.29 is 18.4 Å². The van der Waals surface area contributed by atoms with E-state index in [0.29, 0.717) is 41.5 Å². The van der Waals surface area contributed by atoms with Gasteiger partial charge in [0, 0.05) is 36.3 Å². The molecule has 4 heterocycles. The molecule has 6 rings (SSSR count). The van der Waals surface area contributed by atoms with E-state index in [2.05, 4.69) is 25.8 Å². The molecule has 0 atom stereocenters. The van der Waals surface area contributed by atoms with Crippen LogP contribution >= 0.6 is 0 Å². The summed E-state index contributed by atoms with van der Waals surface area (Å²) in [6.45, 7) is 1.36. The normalized spacial score (nSPS) is 12.6. The highest BCUT2D eigenvalue weighted by molar-refractivity contribution is 5.98. The largest absolute Gasteiger partial charge is 0.439 e. The van der Waals surface area contributed by atoms with Gasteiger partial charge < -0.3 is 14.6 Å². The van der Waals surface area contributed by atoms with Crippen LogP contribution in [0.4, 0.5) is 15.1 Å². The fourth-order valence-corrected chi connectivity index (χ4v) is 3.88. The van der Waals surface area contributed by atoms with Crippen molar-refractivity contribution in [3.8, 4) is 22.9 Å². The van der Waals surface area contributed by atoms with E-state index >= 15 is 0 Å². The summed E-state index contributed by atoms with van der Waals surface area (Å²) >= 11 is 0. The number of nitrogens with zero attached hydrogens (tertiary/aromatic N) is 4. The SMILES string of the molecule is O=C(Nc1cc(-c2ccc(F)cc2)no1)n1ccc2cc(Oc3ncnc4c3CNC4)ccc21.